The Bertz CT molecular complexity index is 468. The van der Waals surface area contributed by atoms with Crippen LogP contribution in [0.25, 0.3) is 0 Å². The number of carbonyl (C=O) groups is 3. The van der Waals surface area contributed by atoms with Crippen molar-refractivity contribution in [1.29, 1.82) is 0 Å². The van der Waals surface area contributed by atoms with Gasteiger partial charge in [0.25, 0.3) is 0 Å². The summed E-state index contributed by atoms with van der Waals surface area (Å²) < 4.78 is 5.18. The van der Waals surface area contributed by atoms with Gasteiger partial charge in [0.15, 0.2) is 0 Å². The number of alkyl carbamates (subject to hydrolysis) is 1. The normalized spacial score (nSPS) is 28.0. The van der Waals surface area contributed by atoms with E-state index < -0.39 is 17.8 Å². The molecule has 2 aliphatic rings. The number of hydrogen-bond acceptors (Lipinski definition) is 4. The topological polar surface area (TPSA) is 108 Å². The van der Waals surface area contributed by atoms with E-state index in [1.54, 1.807) is 25.7 Å². The Hall–Kier alpha value is -1.99. The van der Waals surface area contributed by atoms with Crippen molar-refractivity contribution < 1.29 is 24.2 Å². The van der Waals surface area contributed by atoms with E-state index in [2.05, 4.69) is 10.6 Å². The van der Waals surface area contributed by atoms with E-state index in [1.807, 2.05) is 0 Å². The number of likely N-dealkylation sites (tertiary alicyclic amines) is 1. The van der Waals surface area contributed by atoms with E-state index in [4.69, 9.17) is 9.84 Å². The second-order valence-corrected chi connectivity index (χ2v) is 6.87. The first-order chi connectivity index (χ1) is 10.1. The average molecular weight is 313 g/mol. The Morgan fingerprint density at radius 2 is 1.86 bits per heavy atom. The smallest absolute Gasteiger partial charge is 0.407 e. The molecule has 22 heavy (non-hydrogen) atoms. The highest BCUT2D eigenvalue weighted by Gasteiger charge is 2.42. The molecule has 1 aliphatic carbocycles. The molecule has 0 unspecified atom stereocenters. The summed E-state index contributed by atoms with van der Waals surface area (Å²) in [6, 6.07) is -0.282. The highest BCUT2D eigenvalue weighted by Crippen LogP contribution is 2.29. The van der Waals surface area contributed by atoms with Crippen molar-refractivity contribution in [3.8, 4) is 0 Å². The fraction of sp³-hybridized carbons (Fsp3) is 0.786. The number of nitrogens with zero attached hydrogens (tertiary/aromatic N) is 1. The van der Waals surface area contributed by atoms with Gasteiger partial charge in [0, 0.05) is 25.0 Å². The van der Waals surface area contributed by atoms with Crippen LogP contribution in [0, 0.1) is 0 Å². The van der Waals surface area contributed by atoms with Crippen molar-refractivity contribution in [3.63, 3.8) is 0 Å². The van der Waals surface area contributed by atoms with Crippen LogP contribution in [0.1, 0.15) is 40.0 Å². The van der Waals surface area contributed by atoms with Crippen LogP contribution in [0.2, 0.25) is 0 Å². The molecule has 1 saturated carbocycles. The fourth-order valence-corrected chi connectivity index (χ4v) is 2.79. The van der Waals surface area contributed by atoms with Gasteiger partial charge in [-0.3, -0.25) is 4.79 Å². The van der Waals surface area contributed by atoms with Gasteiger partial charge in [0.2, 0.25) is 5.91 Å². The molecule has 0 aromatic carbocycles. The Balaban J connectivity index is 1.74. The van der Waals surface area contributed by atoms with Gasteiger partial charge in [0.05, 0.1) is 6.04 Å². The molecular weight excluding hydrogens is 290 g/mol. The predicted molar refractivity (Wildman–Crippen MR) is 77.5 cm³/mol. The first-order valence-corrected chi connectivity index (χ1v) is 7.42. The molecule has 1 heterocycles. The molecule has 8 heteroatoms. The van der Waals surface area contributed by atoms with E-state index in [0.29, 0.717) is 19.4 Å². The Kier molecular flexibility index (Phi) is 4.48. The third-order valence-corrected chi connectivity index (χ3v) is 3.76. The van der Waals surface area contributed by atoms with E-state index in [-0.39, 0.29) is 30.5 Å². The number of hydrogen-bond donors (Lipinski definition) is 3. The number of ether oxygens (including phenoxy) is 1. The zero-order valence-electron chi connectivity index (χ0n) is 13.1. The number of rotatable bonds is 3. The van der Waals surface area contributed by atoms with Crippen molar-refractivity contribution in [2.24, 2.45) is 0 Å². The molecule has 1 aliphatic heterocycles. The van der Waals surface area contributed by atoms with Crippen LogP contribution < -0.4 is 10.6 Å². The van der Waals surface area contributed by atoms with Gasteiger partial charge < -0.3 is 25.4 Å². The van der Waals surface area contributed by atoms with Crippen LogP contribution >= 0.6 is 0 Å². The summed E-state index contributed by atoms with van der Waals surface area (Å²) in [7, 11) is 0. The van der Waals surface area contributed by atoms with Crippen LogP contribution in [0.4, 0.5) is 9.59 Å². The minimum absolute atomic E-state index is 0.000803. The largest absolute Gasteiger partial charge is 0.465 e. The van der Waals surface area contributed by atoms with E-state index in [0.717, 1.165) is 0 Å². The number of carboxylic acid groups (broad SMARTS) is 1. The molecule has 2 fully saturated rings. The van der Waals surface area contributed by atoms with E-state index in [9.17, 15) is 14.4 Å². The van der Waals surface area contributed by atoms with Gasteiger partial charge in [0.1, 0.15) is 5.60 Å². The second-order valence-electron chi connectivity index (χ2n) is 6.87. The van der Waals surface area contributed by atoms with E-state index in [1.165, 1.54) is 0 Å². The molecule has 0 radical (unpaired) electrons. The Morgan fingerprint density at radius 1 is 1.23 bits per heavy atom. The molecular formula is C14H23N3O5. The Labute approximate surface area is 129 Å². The highest BCUT2D eigenvalue weighted by molar-refractivity contribution is 5.81. The lowest BCUT2D eigenvalue weighted by atomic mass is 9.85. The summed E-state index contributed by atoms with van der Waals surface area (Å²) in [4.78, 5) is 35.8. The first-order valence-electron chi connectivity index (χ1n) is 7.42. The van der Waals surface area contributed by atoms with Gasteiger partial charge in [-0.25, -0.2) is 9.59 Å². The first kappa shape index (κ1) is 16.4. The number of amides is 3. The maximum atomic E-state index is 11.9. The fourth-order valence-electron chi connectivity index (χ4n) is 2.79. The van der Waals surface area contributed by atoms with Gasteiger partial charge in [-0.1, -0.05) is 0 Å². The minimum atomic E-state index is -1.11. The summed E-state index contributed by atoms with van der Waals surface area (Å²) >= 11 is 0. The van der Waals surface area contributed by atoms with Crippen LogP contribution in [-0.4, -0.2) is 58.4 Å². The lowest BCUT2D eigenvalue weighted by Crippen LogP contribution is -2.55. The van der Waals surface area contributed by atoms with Crippen molar-refractivity contribution in [1.82, 2.24) is 15.5 Å². The zero-order chi connectivity index (χ0) is 16.5. The standard InChI is InChI=1S/C14H23N3O5/c1-14(2,3)22-13(21)16-8-4-10(5-8)17-7-9(6-11(17)18)15-12(19)20/h8-10,15H,4-7H2,1-3H3,(H,16,21)(H,19,20)/t8-,9-,10-/m0/s1. The molecule has 2 rings (SSSR count). The maximum absolute atomic E-state index is 11.9. The van der Waals surface area contributed by atoms with Crippen molar-refractivity contribution in [3.05, 3.63) is 0 Å². The third kappa shape index (κ3) is 4.25. The zero-order valence-corrected chi connectivity index (χ0v) is 13.1. The van der Waals surface area contributed by atoms with Crippen molar-refractivity contribution in [2.45, 2.75) is 63.8 Å². The van der Waals surface area contributed by atoms with Crippen LogP contribution in [-0.2, 0) is 9.53 Å². The quantitative estimate of drug-likeness (QED) is 0.718. The summed E-state index contributed by atoms with van der Waals surface area (Å²) in [5.74, 6) is -0.0422. The molecule has 0 spiro atoms. The summed E-state index contributed by atoms with van der Waals surface area (Å²) in [6.45, 7) is 5.80. The molecule has 1 saturated heterocycles. The van der Waals surface area contributed by atoms with Gasteiger partial charge in [-0.05, 0) is 33.6 Å². The monoisotopic (exact) mass is 313 g/mol. The molecule has 3 amide bonds. The van der Waals surface area contributed by atoms with Gasteiger partial charge in [-0.15, -0.1) is 0 Å². The van der Waals surface area contributed by atoms with Gasteiger partial charge in [-0.2, -0.15) is 0 Å². The number of carbonyl (C=O) groups excluding carboxylic acids is 2. The second kappa shape index (κ2) is 6.02. The van der Waals surface area contributed by atoms with Crippen LogP contribution in [0.15, 0.2) is 0 Å². The van der Waals surface area contributed by atoms with Crippen molar-refractivity contribution >= 4 is 18.1 Å². The van der Waals surface area contributed by atoms with E-state index >= 15 is 0 Å². The summed E-state index contributed by atoms with van der Waals surface area (Å²) in [6.07, 6.45) is -0.0189. The van der Waals surface area contributed by atoms with Crippen LogP contribution in [0.5, 0.6) is 0 Å². The summed E-state index contributed by atoms with van der Waals surface area (Å²) in [5.41, 5.74) is -0.534. The third-order valence-electron chi connectivity index (χ3n) is 3.76. The molecule has 8 nitrogen and oxygen atoms in total. The Morgan fingerprint density at radius 3 is 2.41 bits per heavy atom. The average Bonchev–Trinajstić information content (AvgIpc) is 2.60. The van der Waals surface area contributed by atoms with Crippen LogP contribution in [0.3, 0.4) is 0 Å². The molecule has 0 aromatic rings. The summed E-state index contributed by atoms with van der Waals surface area (Å²) in [5, 5.41) is 13.8. The maximum Gasteiger partial charge on any atom is 0.407 e. The predicted octanol–water partition coefficient (Wildman–Crippen LogP) is 0.911. The lowest BCUT2D eigenvalue weighted by Gasteiger charge is -2.41. The molecule has 0 bridgehead atoms. The highest BCUT2D eigenvalue weighted by atomic mass is 16.6. The molecule has 1 atom stereocenters. The SMILES string of the molecule is CC(C)(C)OC(=O)N[C@H]1C[C@H](N2C[C@@H](NC(=O)O)CC2=O)C1. The molecule has 3 N–H and O–H groups in total. The lowest BCUT2D eigenvalue weighted by molar-refractivity contribution is -0.131. The molecule has 0 aromatic heterocycles. The number of nitrogens with one attached hydrogen (secondary N) is 2. The van der Waals surface area contributed by atoms with Crippen molar-refractivity contribution in [2.75, 3.05) is 6.54 Å². The molecule has 124 valence electrons. The minimum Gasteiger partial charge on any atom is -0.465 e. The van der Waals surface area contributed by atoms with Gasteiger partial charge >= 0.3 is 12.2 Å².